The Balaban J connectivity index is 1.17. The highest BCUT2D eigenvalue weighted by Crippen LogP contribution is 2.16. The van der Waals surface area contributed by atoms with Gasteiger partial charge in [-0.2, -0.15) is 0 Å². The summed E-state index contributed by atoms with van der Waals surface area (Å²) in [6.07, 6.45) is 2.88. The number of rotatable bonds is 10. The minimum absolute atomic E-state index is 0.119. The largest absolute Gasteiger partial charge is 0.466 e. The van der Waals surface area contributed by atoms with Gasteiger partial charge in [-0.05, 0) is 47.7 Å². The van der Waals surface area contributed by atoms with Crippen LogP contribution in [0.4, 0.5) is 10.2 Å². The first-order chi connectivity index (χ1) is 16.1. The summed E-state index contributed by atoms with van der Waals surface area (Å²) in [5.74, 6) is 0.462. The van der Waals surface area contributed by atoms with Gasteiger partial charge in [-0.3, -0.25) is 4.79 Å². The van der Waals surface area contributed by atoms with Crippen LogP contribution in [-0.2, 0) is 17.9 Å². The van der Waals surface area contributed by atoms with Gasteiger partial charge in [-0.25, -0.2) is 4.39 Å². The van der Waals surface area contributed by atoms with Crippen LogP contribution in [0.1, 0.15) is 12.0 Å². The number of para-hydroxylation sites is 1. The smallest absolute Gasteiger partial charge is 0.258 e. The maximum atomic E-state index is 13.0. The van der Waals surface area contributed by atoms with Gasteiger partial charge in [0.05, 0.1) is 0 Å². The van der Waals surface area contributed by atoms with Crippen molar-refractivity contribution >= 4 is 22.6 Å². The van der Waals surface area contributed by atoms with E-state index in [9.17, 15) is 9.18 Å². The average molecular weight is 448 g/mol. The Bertz CT molecular complexity index is 1190. The molecular formula is C25H26FN5O2. The molecule has 0 unspecified atom stereocenters. The fourth-order valence-electron chi connectivity index (χ4n) is 3.54. The van der Waals surface area contributed by atoms with Gasteiger partial charge in [-0.1, -0.05) is 30.3 Å². The van der Waals surface area contributed by atoms with Gasteiger partial charge in [0.25, 0.3) is 5.91 Å². The first kappa shape index (κ1) is 22.3. The van der Waals surface area contributed by atoms with Crippen LogP contribution in [0.2, 0.25) is 0 Å². The maximum Gasteiger partial charge on any atom is 0.258 e. The first-order valence-electron chi connectivity index (χ1n) is 10.8. The van der Waals surface area contributed by atoms with E-state index in [-0.39, 0.29) is 24.2 Å². The third-order valence-corrected chi connectivity index (χ3v) is 5.28. The van der Waals surface area contributed by atoms with Crippen molar-refractivity contribution in [2.24, 2.45) is 0 Å². The highest BCUT2D eigenvalue weighted by atomic mass is 19.1. The zero-order valence-electron chi connectivity index (χ0n) is 18.4. The third-order valence-electron chi connectivity index (χ3n) is 5.28. The monoisotopic (exact) mass is 447 g/mol. The van der Waals surface area contributed by atoms with Crippen LogP contribution in [-0.4, -0.2) is 40.9 Å². The quantitative estimate of drug-likeness (QED) is 0.375. The second kappa shape index (κ2) is 10.6. The van der Waals surface area contributed by atoms with E-state index >= 15 is 0 Å². The molecule has 1 N–H and O–H groups in total. The van der Waals surface area contributed by atoms with E-state index in [1.807, 2.05) is 24.1 Å². The van der Waals surface area contributed by atoms with Crippen LogP contribution in [0, 0.1) is 5.82 Å². The number of fused-ring (bicyclic) bond motifs is 1. The zero-order valence-corrected chi connectivity index (χ0v) is 18.4. The van der Waals surface area contributed by atoms with E-state index < -0.39 is 0 Å². The fourth-order valence-corrected chi connectivity index (χ4v) is 3.54. The van der Waals surface area contributed by atoms with Crippen molar-refractivity contribution in [3.8, 4) is 5.88 Å². The lowest BCUT2D eigenvalue weighted by atomic mass is 10.2. The zero-order chi connectivity index (χ0) is 23.0. The Morgan fingerprint density at radius 3 is 2.67 bits per heavy atom. The van der Waals surface area contributed by atoms with Crippen molar-refractivity contribution < 1.29 is 13.9 Å². The predicted octanol–water partition coefficient (Wildman–Crippen LogP) is 3.79. The molecule has 170 valence electrons. The van der Waals surface area contributed by atoms with Crippen LogP contribution in [0.3, 0.4) is 0 Å². The molecular weight excluding hydrogens is 421 g/mol. The van der Waals surface area contributed by atoms with Crippen LogP contribution < -0.4 is 15.0 Å². The molecule has 4 aromatic rings. The standard InChI is InChI=1S/C25H26FN5O2/c1-30(17-19-7-9-21(26)10-8-19)23-11-12-25(29-28-23)33-18-24(32)27-14-4-15-31-16-13-20-5-2-3-6-22(20)31/h2-3,5-13,16H,4,14-15,17-18H2,1H3,(H,27,32). The average Bonchev–Trinajstić information content (AvgIpc) is 3.25. The highest BCUT2D eigenvalue weighted by Gasteiger charge is 2.08. The third kappa shape index (κ3) is 6.06. The van der Waals surface area contributed by atoms with E-state index in [1.165, 1.54) is 23.0 Å². The van der Waals surface area contributed by atoms with Crippen molar-refractivity contribution in [3.05, 3.63) is 84.3 Å². The number of hydrogen-bond acceptors (Lipinski definition) is 5. The molecule has 0 radical (unpaired) electrons. The number of aryl methyl sites for hydroxylation is 1. The van der Waals surface area contributed by atoms with Crippen molar-refractivity contribution in [1.82, 2.24) is 20.1 Å². The van der Waals surface area contributed by atoms with Gasteiger partial charge in [-0.15, -0.1) is 10.2 Å². The van der Waals surface area contributed by atoms with E-state index in [2.05, 4.69) is 44.5 Å². The number of nitrogens with zero attached hydrogens (tertiary/aromatic N) is 4. The Morgan fingerprint density at radius 1 is 1.06 bits per heavy atom. The van der Waals surface area contributed by atoms with Crippen LogP contribution in [0.15, 0.2) is 72.9 Å². The Labute approximate surface area is 191 Å². The molecule has 0 aliphatic rings. The highest BCUT2D eigenvalue weighted by molar-refractivity contribution is 5.80. The summed E-state index contributed by atoms with van der Waals surface area (Å²) in [7, 11) is 1.87. The molecule has 0 bridgehead atoms. The number of halogens is 1. The summed E-state index contributed by atoms with van der Waals surface area (Å²) < 4.78 is 20.7. The molecule has 1 amide bonds. The molecule has 7 nitrogen and oxygen atoms in total. The molecule has 2 aromatic carbocycles. The van der Waals surface area contributed by atoms with Crippen molar-refractivity contribution in [2.45, 2.75) is 19.5 Å². The normalized spacial score (nSPS) is 10.8. The number of benzene rings is 2. The van der Waals surface area contributed by atoms with Crippen LogP contribution >= 0.6 is 0 Å². The molecule has 0 saturated heterocycles. The summed E-state index contributed by atoms with van der Waals surface area (Å²) in [6.45, 7) is 1.84. The summed E-state index contributed by atoms with van der Waals surface area (Å²) >= 11 is 0. The maximum absolute atomic E-state index is 13.0. The Kier molecular flexibility index (Phi) is 7.14. The molecule has 0 saturated carbocycles. The fraction of sp³-hybridized carbons (Fsp3) is 0.240. The molecule has 2 aromatic heterocycles. The summed E-state index contributed by atoms with van der Waals surface area (Å²) in [6, 6.07) is 20.1. The second-order valence-electron chi connectivity index (χ2n) is 7.77. The first-order valence-corrected chi connectivity index (χ1v) is 10.8. The predicted molar refractivity (Wildman–Crippen MR) is 126 cm³/mol. The van der Waals surface area contributed by atoms with Crippen molar-refractivity contribution in [3.63, 3.8) is 0 Å². The molecule has 0 fully saturated rings. The van der Waals surface area contributed by atoms with Gasteiger partial charge >= 0.3 is 0 Å². The summed E-state index contributed by atoms with van der Waals surface area (Å²) in [5, 5.41) is 12.2. The molecule has 33 heavy (non-hydrogen) atoms. The van der Waals surface area contributed by atoms with Crippen LogP contribution in [0.5, 0.6) is 5.88 Å². The van der Waals surface area contributed by atoms with E-state index in [4.69, 9.17) is 4.74 Å². The number of anilines is 1. The van der Waals surface area contributed by atoms with Crippen LogP contribution in [0.25, 0.3) is 10.9 Å². The summed E-state index contributed by atoms with van der Waals surface area (Å²) in [4.78, 5) is 14.0. The molecule has 0 aliphatic heterocycles. The minimum Gasteiger partial charge on any atom is -0.466 e. The van der Waals surface area contributed by atoms with Crippen molar-refractivity contribution in [1.29, 1.82) is 0 Å². The second-order valence-corrected chi connectivity index (χ2v) is 7.77. The lowest BCUT2D eigenvalue weighted by Gasteiger charge is -2.17. The minimum atomic E-state index is -0.263. The molecule has 0 atom stereocenters. The Morgan fingerprint density at radius 2 is 1.88 bits per heavy atom. The van der Waals surface area contributed by atoms with Gasteiger partial charge in [0.2, 0.25) is 5.88 Å². The number of carbonyl (C=O) groups excluding carboxylic acids is 1. The van der Waals surface area contributed by atoms with E-state index in [1.54, 1.807) is 24.3 Å². The number of amides is 1. The number of aromatic nitrogens is 3. The number of carbonyl (C=O) groups is 1. The Hall–Kier alpha value is -3.94. The molecule has 2 heterocycles. The molecule has 0 spiro atoms. The lowest BCUT2D eigenvalue weighted by Crippen LogP contribution is -2.30. The molecule has 4 rings (SSSR count). The molecule has 8 heteroatoms. The topological polar surface area (TPSA) is 72.3 Å². The van der Waals surface area contributed by atoms with Crippen molar-refractivity contribution in [2.75, 3.05) is 25.1 Å². The van der Waals surface area contributed by atoms with Gasteiger partial charge in [0.1, 0.15) is 5.82 Å². The van der Waals surface area contributed by atoms with Gasteiger partial charge < -0.3 is 19.5 Å². The lowest BCUT2D eigenvalue weighted by molar-refractivity contribution is -0.123. The molecule has 0 aliphatic carbocycles. The van der Waals surface area contributed by atoms with E-state index in [0.717, 1.165) is 18.5 Å². The van der Waals surface area contributed by atoms with Gasteiger partial charge in [0.15, 0.2) is 12.4 Å². The van der Waals surface area contributed by atoms with Gasteiger partial charge in [0, 0.05) is 44.5 Å². The summed E-state index contributed by atoms with van der Waals surface area (Å²) in [5.41, 5.74) is 2.15. The number of ether oxygens (including phenoxy) is 1. The number of hydrogen-bond donors (Lipinski definition) is 1. The van der Waals surface area contributed by atoms with E-state index in [0.29, 0.717) is 18.9 Å². The SMILES string of the molecule is CN(Cc1ccc(F)cc1)c1ccc(OCC(=O)NCCCn2ccc3ccccc32)nn1. The number of nitrogens with one attached hydrogen (secondary N) is 1.